The van der Waals surface area contributed by atoms with Crippen LogP contribution in [0.2, 0.25) is 0 Å². The Kier molecular flexibility index (Phi) is 9.41. The van der Waals surface area contributed by atoms with Crippen molar-refractivity contribution in [2.24, 2.45) is 0 Å². The first-order chi connectivity index (χ1) is 29.1. The van der Waals surface area contributed by atoms with Gasteiger partial charge in [0.1, 0.15) is 11.3 Å². The molecule has 1 aliphatic rings. The van der Waals surface area contributed by atoms with Crippen molar-refractivity contribution in [2.75, 3.05) is 0 Å². The van der Waals surface area contributed by atoms with Crippen LogP contribution in [-0.2, 0) is 0 Å². The van der Waals surface area contributed by atoms with Gasteiger partial charge in [-0.25, -0.2) is 9.97 Å². The Morgan fingerprint density at radius 2 is 1.15 bits per heavy atom. The summed E-state index contributed by atoms with van der Waals surface area (Å²) in [6.07, 6.45) is 21.1. The predicted octanol–water partition coefficient (Wildman–Crippen LogP) is 15.1. The van der Waals surface area contributed by atoms with Gasteiger partial charge in [-0.3, -0.25) is 8.80 Å². The molecule has 0 radical (unpaired) electrons. The maximum absolute atomic E-state index is 5.56. The number of allylic oxidation sites excluding steroid dienone is 9. The van der Waals surface area contributed by atoms with Gasteiger partial charge in [-0.05, 0) is 85.4 Å². The second-order valence-corrected chi connectivity index (χ2v) is 15.8. The van der Waals surface area contributed by atoms with Crippen LogP contribution in [0.4, 0.5) is 0 Å². The number of pyridine rings is 2. The number of fused-ring (bicyclic) bond motifs is 12. The quantitative estimate of drug-likeness (QED) is 0.114. The molecule has 0 spiro atoms. The molecular weight excluding hydrogens is 717 g/mol. The van der Waals surface area contributed by atoms with E-state index in [4.69, 9.17) is 9.97 Å². The highest BCUT2D eigenvalue weighted by Crippen LogP contribution is 2.43. The number of benzene rings is 5. The Morgan fingerprint density at radius 3 is 1.73 bits per heavy atom. The van der Waals surface area contributed by atoms with Crippen molar-refractivity contribution in [1.29, 1.82) is 0 Å². The molecule has 4 aromatic heterocycles. The maximum atomic E-state index is 5.56. The molecule has 1 saturated carbocycles. The molecule has 0 N–H and O–H groups in total. The zero-order valence-corrected chi connectivity index (χ0v) is 34.1. The van der Waals surface area contributed by atoms with E-state index in [1.165, 1.54) is 92.6 Å². The topological polar surface area (TPSA) is 34.6 Å². The Labute approximate surface area is 345 Å². The van der Waals surface area contributed by atoms with Crippen LogP contribution in [0.25, 0.3) is 88.2 Å². The van der Waals surface area contributed by atoms with Crippen molar-refractivity contribution >= 4 is 65.8 Å². The van der Waals surface area contributed by atoms with Crippen molar-refractivity contribution in [2.45, 2.75) is 58.8 Å². The van der Waals surface area contributed by atoms with Crippen molar-refractivity contribution in [3.8, 4) is 22.4 Å². The van der Waals surface area contributed by atoms with Gasteiger partial charge in [0.25, 0.3) is 0 Å². The smallest absolute Gasteiger partial charge is 0.146 e. The first kappa shape index (κ1) is 36.6. The molecule has 0 aliphatic heterocycles. The van der Waals surface area contributed by atoms with E-state index < -0.39 is 0 Å². The number of nitrogens with zero attached hydrogens (tertiary/aromatic N) is 4. The lowest BCUT2D eigenvalue weighted by molar-refractivity contribution is 0.437. The molecule has 4 nitrogen and oxygen atoms in total. The van der Waals surface area contributed by atoms with Crippen LogP contribution in [-0.4, -0.2) is 18.8 Å². The molecule has 0 atom stereocenters. The molecule has 1 fully saturated rings. The molecule has 59 heavy (non-hydrogen) atoms. The highest BCUT2D eigenvalue weighted by molar-refractivity contribution is 6.15. The Morgan fingerprint density at radius 1 is 0.576 bits per heavy atom. The fraction of sp³-hybridized carbons (Fsp3) is 0.164. The fourth-order valence-corrected chi connectivity index (χ4v) is 9.70. The van der Waals surface area contributed by atoms with E-state index >= 15 is 0 Å². The summed E-state index contributed by atoms with van der Waals surface area (Å²) in [5.41, 5.74) is 14.4. The summed E-state index contributed by atoms with van der Waals surface area (Å²) in [5, 5.41) is 7.12. The lowest BCUT2D eigenvalue weighted by atomic mass is 9.85. The van der Waals surface area contributed by atoms with Gasteiger partial charge >= 0.3 is 0 Å². The van der Waals surface area contributed by atoms with Gasteiger partial charge in [-0.15, -0.1) is 0 Å². The minimum atomic E-state index is 0.465. The first-order valence-electron chi connectivity index (χ1n) is 21.2. The minimum absolute atomic E-state index is 0.465. The van der Waals surface area contributed by atoms with Crippen molar-refractivity contribution < 1.29 is 0 Å². The van der Waals surface area contributed by atoms with Crippen LogP contribution in [0.1, 0.15) is 75.9 Å². The summed E-state index contributed by atoms with van der Waals surface area (Å²) >= 11 is 0. The molecule has 5 aromatic carbocycles. The summed E-state index contributed by atoms with van der Waals surface area (Å²) in [6.45, 7) is 10.6. The molecule has 0 amide bonds. The maximum Gasteiger partial charge on any atom is 0.146 e. The lowest BCUT2D eigenvalue weighted by Crippen LogP contribution is -2.08. The Balaban J connectivity index is 1.25. The van der Waals surface area contributed by atoms with Crippen LogP contribution in [0.3, 0.4) is 0 Å². The number of hydrogen-bond donors (Lipinski definition) is 0. The zero-order valence-electron chi connectivity index (χ0n) is 34.1. The third-order valence-corrected chi connectivity index (χ3v) is 12.4. The molecular formula is C55H48N4. The summed E-state index contributed by atoms with van der Waals surface area (Å²) in [4.78, 5) is 11.0. The molecule has 288 valence electrons. The van der Waals surface area contributed by atoms with E-state index in [1.807, 2.05) is 13.0 Å². The monoisotopic (exact) mass is 764 g/mol. The second-order valence-electron chi connectivity index (χ2n) is 15.8. The third kappa shape index (κ3) is 5.97. The summed E-state index contributed by atoms with van der Waals surface area (Å²) in [5.74, 6) is 0.465. The molecule has 4 heteroatoms. The van der Waals surface area contributed by atoms with Crippen molar-refractivity contribution in [1.82, 2.24) is 18.8 Å². The molecule has 4 heterocycles. The highest BCUT2D eigenvalue weighted by atomic mass is 15.0. The molecule has 0 saturated heterocycles. The predicted molar refractivity (Wildman–Crippen MR) is 252 cm³/mol. The Hall–Kier alpha value is -6.78. The van der Waals surface area contributed by atoms with Crippen LogP contribution >= 0.6 is 0 Å². The first-order valence-corrected chi connectivity index (χ1v) is 21.2. The Bertz CT molecular complexity index is 3230. The van der Waals surface area contributed by atoms with E-state index in [-0.39, 0.29) is 0 Å². The normalized spacial score (nSPS) is 14.8. The SMILES string of the molecule is C=C/C(=C\C=C/C)c1c(-c2ccccc2)nc2c3ccccc3c3cc(-c4ccc5c(c4)c4ccccc4c4nc(C6CCCCC6)c(C(/C=C\C)=C/C)n54)ccc3n12. The van der Waals surface area contributed by atoms with Crippen molar-refractivity contribution in [3.63, 3.8) is 0 Å². The minimum Gasteiger partial charge on any atom is -0.291 e. The van der Waals surface area contributed by atoms with Gasteiger partial charge < -0.3 is 0 Å². The van der Waals surface area contributed by atoms with E-state index in [0.29, 0.717) is 5.92 Å². The number of rotatable bonds is 8. The molecule has 1 aliphatic carbocycles. The van der Waals surface area contributed by atoms with Gasteiger partial charge in [-0.1, -0.05) is 159 Å². The molecule has 10 rings (SSSR count). The number of hydrogen-bond acceptors (Lipinski definition) is 2. The van der Waals surface area contributed by atoms with Crippen LogP contribution < -0.4 is 0 Å². The van der Waals surface area contributed by atoms with Crippen molar-refractivity contribution in [3.05, 3.63) is 181 Å². The average Bonchev–Trinajstić information content (AvgIpc) is 3.90. The van der Waals surface area contributed by atoms with Gasteiger partial charge in [-0.2, -0.15) is 0 Å². The average molecular weight is 765 g/mol. The van der Waals surface area contributed by atoms with E-state index in [9.17, 15) is 0 Å². The van der Waals surface area contributed by atoms with Gasteiger partial charge in [0.05, 0.1) is 33.8 Å². The fourth-order valence-electron chi connectivity index (χ4n) is 9.70. The van der Waals surface area contributed by atoms with Crippen LogP contribution in [0.5, 0.6) is 0 Å². The van der Waals surface area contributed by atoms with E-state index in [0.717, 1.165) is 44.7 Å². The summed E-state index contributed by atoms with van der Waals surface area (Å²) < 4.78 is 4.81. The number of aromatic nitrogens is 4. The van der Waals surface area contributed by atoms with Gasteiger partial charge in [0.15, 0.2) is 0 Å². The highest BCUT2D eigenvalue weighted by Gasteiger charge is 2.27. The summed E-state index contributed by atoms with van der Waals surface area (Å²) in [6, 6.07) is 42.0. The number of imidazole rings is 2. The lowest BCUT2D eigenvalue weighted by Gasteiger charge is -2.21. The van der Waals surface area contributed by atoms with E-state index in [1.54, 1.807) is 0 Å². The zero-order chi connectivity index (χ0) is 40.0. The molecule has 9 aromatic rings. The third-order valence-electron chi connectivity index (χ3n) is 12.4. The van der Waals surface area contributed by atoms with Crippen LogP contribution in [0, 0.1) is 0 Å². The standard InChI is InChI=1S/C55H48N4/c1-5-9-21-37(8-4)53-51(39-24-14-11-15-25-39)57-55-45-29-19-17-27-43(45)47-35-41(31-33-49(47)59(53)55)40-30-32-48-46(34-40)42-26-16-18-28-44(42)54-56-50(38-22-12-10-13-23-38)52(58(48)54)36(7-3)20-6-2/h5-9,11,14-21,24-35,38H,4,10,12-13,22-23H2,1-3H3/b9-5-,20-6-,36-7+,37-21+. The molecule has 0 bridgehead atoms. The van der Waals surface area contributed by atoms with E-state index in [2.05, 4.69) is 181 Å². The second kappa shape index (κ2) is 15.2. The van der Waals surface area contributed by atoms with Gasteiger partial charge in [0.2, 0.25) is 0 Å². The molecule has 0 unspecified atom stereocenters. The van der Waals surface area contributed by atoms with Gasteiger partial charge in [0, 0.05) is 38.6 Å². The summed E-state index contributed by atoms with van der Waals surface area (Å²) in [7, 11) is 0. The largest absolute Gasteiger partial charge is 0.291 e. The van der Waals surface area contributed by atoms with Crippen LogP contribution in [0.15, 0.2) is 164 Å².